The normalized spacial score (nSPS) is 10.5. The molecule has 1 amide bonds. The molecule has 0 N–H and O–H groups in total. The van der Waals surface area contributed by atoms with Crippen molar-refractivity contribution in [3.63, 3.8) is 0 Å². The number of hydrogen-bond donors (Lipinski definition) is 0. The van der Waals surface area contributed by atoms with Crippen molar-refractivity contribution in [2.75, 3.05) is 67.0 Å². The Hall–Kier alpha value is -0.690. The maximum atomic E-state index is 10.6. The molecule has 0 saturated carbocycles. The van der Waals surface area contributed by atoms with Crippen LogP contribution >= 0.6 is 0 Å². The van der Waals surface area contributed by atoms with E-state index < -0.39 is 0 Å². The first-order valence-corrected chi connectivity index (χ1v) is 5.61. The lowest BCUT2D eigenvalue weighted by Gasteiger charge is -2.16. The molecule has 6 nitrogen and oxygen atoms in total. The van der Waals surface area contributed by atoms with E-state index in [1.807, 2.05) is 6.41 Å². The van der Waals surface area contributed by atoms with Crippen molar-refractivity contribution in [2.24, 2.45) is 0 Å². The molecular weight excluding hydrogens is 226 g/mol. The van der Waals surface area contributed by atoms with Crippen molar-refractivity contribution in [3.8, 4) is 0 Å². The molecule has 0 unspecified atom stereocenters. The second-order valence-electron chi connectivity index (χ2n) is 3.29. The zero-order valence-corrected chi connectivity index (χ0v) is 10.6. The fourth-order valence-electron chi connectivity index (χ4n) is 1.04. The Kier molecular flexibility index (Phi) is 12.8. The lowest BCUT2D eigenvalue weighted by Crippen LogP contribution is -2.30. The van der Waals surface area contributed by atoms with Gasteiger partial charge in [-0.2, -0.15) is 0 Å². The number of ether oxygens (including phenoxy) is 4. The Morgan fingerprint density at radius 1 is 0.824 bits per heavy atom. The largest absolute Gasteiger partial charge is 0.382 e. The number of amides is 1. The summed E-state index contributed by atoms with van der Waals surface area (Å²) in [5.74, 6) is 0. The van der Waals surface area contributed by atoms with Crippen molar-refractivity contribution in [3.05, 3.63) is 0 Å². The second-order valence-corrected chi connectivity index (χ2v) is 3.29. The van der Waals surface area contributed by atoms with Crippen LogP contribution in [0.15, 0.2) is 0 Å². The van der Waals surface area contributed by atoms with Crippen LogP contribution in [0.25, 0.3) is 0 Å². The molecule has 101 valence electrons. The summed E-state index contributed by atoms with van der Waals surface area (Å²) in [5.41, 5.74) is 0. The highest BCUT2D eigenvalue weighted by Crippen LogP contribution is 1.86. The van der Waals surface area contributed by atoms with Gasteiger partial charge < -0.3 is 23.8 Å². The zero-order valence-electron chi connectivity index (χ0n) is 10.6. The topological polar surface area (TPSA) is 57.2 Å². The highest BCUT2D eigenvalue weighted by molar-refractivity contribution is 5.47. The van der Waals surface area contributed by atoms with E-state index in [4.69, 9.17) is 18.9 Å². The van der Waals surface area contributed by atoms with Gasteiger partial charge in [0.25, 0.3) is 0 Å². The van der Waals surface area contributed by atoms with Crippen LogP contribution in [-0.4, -0.2) is 78.3 Å². The van der Waals surface area contributed by atoms with Crippen molar-refractivity contribution in [2.45, 2.75) is 0 Å². The first-order valence-electron chi connectivity index (χ1n) is 5.61. The zero-order chi connectivity index (χ0) is 12.8. The Morgan fingerprint density at radius 2 is 1.29 bits per heavy atom. The second kappa shape index (κ2) is 13.4. The Morgan fingerprint density at radius 3 is 1.65 bits per heavy atom. The molecular formula is C11H22NO5. The molecule has 0 aliphatic carbocycles. The van der Waals surface area contributed by atoms with Crippen LogP contribution < -0.4 is 0 Å². The van der Waals surface area contributed by atoms with Crippen LogP contribution in [0, 0.1) is 0 Å². The quantitative estimate of drug-likeness (QED) is 0.330. The molecule has 0 aliphatic rings. The van der Waals surface area contributed by atoms with Crippen LogP contribution in [0.2, 0.25) is 0 Å². The van der Waals surface area contributed by atoms with Crippen LogP contribution in [0.4, 0.5) is 0 Å². The number of rotatable bonds is 13. The first-order chi connectivity index (χ1) is 8.35. The van der Waals surface area contributed by atoms with E-state index in [9.17, 15) is 4.79 Å². The molecule has 1 radical (unpaired) electrons. The lowest BCUT2D eigenvalue weighted by atomic mass is 10.5. The summed E-state index contributed by atoms with van der Waals surface area (Å²) >= 11 is 0. The molecule has 0 heterocycles. The van der Waals surface area contributed by atoms with Crippen LogP contribution in [0.1, 0.15) is 0 Å². The van der Waals surface area contributed by atoms with Gasteiger partial charge in [-0.3, -0.25) is 4.79 Å². The molecule has 0 fully saturated rings. The van der Waals surface area contributed by atoms with Crippen molar-refractivity contribution in [1.82, 2.24) is 4.90 Å². The average Bonchev–Trinajstić information content (AvgIpc) is 2.36. The summed E-state index contributed by atoms with van der Waals surface area (Å²) in [4.78, 5) is 12.1. The fourth-order valence-corrected chi connectivity index (χ4v) is 1.04. The Labute approximate surface area is 103 Å². The van der Waals surface area contributed by atoms with E-state index in [0.29, 0.717) is 52.7 Å². The standard InChI is InChI=1S/C11H22NO5/c1-14-7-9-16-5-3-12(11-13)4-6-17-10-8-15-2/h3-10H2,1-2H3. The third-order valence-corrected chi connectivity index (χ3v) is 2.00. The maximum Gasteiger partial charge on any atom is 0.312 e. The third-order valence-electron chi connectivity index (χ3n) is 2.00. The van der Waals surface area contributed by atoms with Crippen LogP contribution in [0.5, 0.6) is 0 Å². The van der Waals surface area contributed by atoms with E-state index in [2.05, 4.69) is 0 Å². The van der Waals surface area contributed by atoms with E-state index in [-0.39, 0.29) is 0 Å². The monoisotopic (exact) mass is 248 g/mol. The van der Waals surface area contributed by atoms with E-state index in [1.54, 1.807) is 14.2 Å². The predicted molar refractivity (Wildman–Crippen MR) is 62.7 cm³/mol. The van der Waals surface area contributed by atoms with Crippen LogP contribution in [-0.2, 0) is 23.7 Å². The molecule has 0 aromatic heterocycles. The van der Waals surface area contributed by atoms with Crippen molar-refractivity contribution in [1.29, 1.82) is 0 Å². The molecule has 6 heteroatoms. The molecule has 0 bridgehead atoms. The molecule has 0 spiro atoms. The van der Waals surface area contributed by atoms with Crippen LogP contribution in [0.3, 0.4) is 0 Å². The van der Waals surface area contributed by atoms with Gasteiger partial charge in [0.1, 0.15) is 0 Å². The molecule has 17 heavy (non-hydrogen) atoms. The van der Waals surface area contributed by atoms with Gasteiger partial charge in [-0.05, 0) is 0 Å². The summed E-state index contributed by atoms with van der Waals surface area (Å²) < 4.78 is 20.1. The highest BCUT2D eigenvalue weighted by atomic mass is 16.5. The van der Waals surface area contributed by atoms with Gasteiger partial charge in [-0.1, -0.05) is 0 Å². The Balaban J connectivity index is 3.33. The van der Waals surface area contributed by atoms with E-state index in [1.165, 1.54) is 4.90 Å². The van der Waals surface area contributed by atoms with Gasteiger partial charge >= 0.3 is 6.41 Å². The molecule has 0 atom stereocenters. The SMILES string of the molecule is COCCOCCN([C]=O)CCOCCOC. The molecule has 0 saturated heterocycles. The minimum atomic E-state index is 0.483. The smallest absolute Gasteiger partial charge is 0.312 e. The lowest BCUT2D eigenvalue weighted by molar-refractivity contribution is 0.0502. The van der Waals surface area contributed by atoms with Crippen molar-refractivity contribution < 1.29 is 23.7 Å². The minimum absolute atomic E-state index is 0.483. The van der Waals surface area contributed by atoms with Gasteiger partial charge in [-0.15, -0.1) is 0 Å². The molecule has 0 aromatic rings. The Bertz CT molecular complexity index is 154. The first kappa shape index (κ1) is 16.3. The maximum absolute atomic E-state index is 10.6. The number of hydrogen-bond acceptors (Lipinski definition) is 5. The fraction of sp³-hybridized carbons (Fsp3) is 0.909. The number of nitrogens with zero attached hydrogens (tertiary/aromatic N) is 1. The molecule has 0 aromatic carbocycles. The van der Waals surface area contributed by atoms with E-state index >= 15 is 0 Å². The summed E-state index contributed by atoms with van der Waals surface area (Å²) in [6.45, 7) is 4.19. The minimum Gasteiger partial charge on any atom is -0.382 e. The van der Waals surface area contributed by atoms with Gasteiger partial charge in [0.15, 0.2) is 0 Å². The van der Waals surface area contributed by atoms with Gasteiger partial charge in [-0.25, -0.2) is 0 Å². The summed E-state index contributed by atoms with van der Waals surface area (Å²) in [6, 6.07) is 0. The summed E-state index contributed by atoms with van der Waals surface area (Å²) in [6.07, 6.45) is 1.84. The number of carbonyl (C=O) groups excluding carboxylic acids is 1. The third kappa shape index (κ3) is 11.6. The van der Waals surface area contributed by atoms with Gasteiger partial charge in [0, 0.05) is 27.3 Å². The predicted octanol–water partition coefficient (Wildman–Crippen LogP) is -0.318. The van der Waals surface area contributed by atoms with Gasteiger partial charge in [0.2, 0.25) is 0 Å². The highest BCUT2D eigenvalue weighted by Gasteiger charge is 2.02. The van der Waals surface area contributed by atoms with Crippen molar-refractivity contribution >= 4 is 6.41 Å². The summed E-state index contributed by atoms with van der Waals surface area (Å²) in [7, 11) is 3.23. The molecule has 0 aliphatic heterocycles. The molecule has 0 rings (SSSR count). The van der Waals surface area contributed by atoms with Gasteiger partial charge in [0.05, 0.1) is 39.6 Å². The summed E-state index contributed by atoms with van der Waals surface area (Å²) in [5, 5.41) is 0. The van der Waals surface area contributed by atoms with E-state index in [0.717, 1.165) is 0 Å². The number of methoxy groups -OCH3 is 2. The average molecular weight is 248 g/mol.